The molecule has 2 rings (SSSR count). The average molecular weight is 375 g/mol. The van der Waals surface area contributed by atoms with Gasteiger partial charge < -0.3 is 10.1 Å². The number of nitrogens with one attached hydrogen (secondary N) is 1. The number of hydrogen-bond acceptors (Lipinski definition) is 4. The number of carbonyl (C=O) groups is 1. The molecular weight excluding hydrogens is 365 g/mol. The van der Waals surface area contributed by atoms with Gasteiger partial charge >= 0.3 is 6.18 Å². The first-order valence-electron chi connectivity index (χ1n) is 6.70. The summed E-state index contributed by atoms with van der Waals surface area (Å²) in [5.41, 5.74) is -0.124. The number of ether oxygens (including phenoxy) is 1. The van der Waals surface area contributed by atoms with Crippen molar-refractivity contribution in [3.8, 4) is 5.75 Å². The molecule has 0 saturated heterocycles. The van der Waals surface area contributed by atoms with Crippen LogP contribution in [0.25, 0.3) is 0 Å². The zero-order valence-electron chi connectivity index (χ0n) is 12.3. The number of halogens is 4. The number of carbonyl (C=O) groups excluding carboxylic acids is 1. The van der Waals surface area contributed by atoms with Crippen LogP contribution in [0.5, 0.6) is 5.75 Å². The fourth-order valence-corrected chi connectivity index (χ4v) is 1.98. The summed E-state index contributed by atoms with van der Waals surface area (Å²) in [5, 5.41) is 13.2. The lowest BCUT2D eigenvalue weighted by Gasteiger charge is -2.10. The van der Waals surface area contributed by atoms with E-state index >= 15 is 0 Å². The molecule has 1 N–H and O–H groups in total. The van der Waals surface area contributed by atoms with Crippen LogP contribution in [0.15, 0.2) is 42.5 Å². The van der Waals surface area contributed by atoms with Crippen LogP contribution in [-0.2, 0) is 0 Å². The third-order valence-electron chi connectivity index (χ3n) is 2.92. The van der Waals surface area contributed by atoms with Gasteiger partial charge in [-0.1, -0.05) is 11.6 Å². The third-order valence-corrected chi connectivity index (χ3v) is 3.24. The minimum absolute atomic E-state index is 0.00787. The van der Waals surface area contributed by atoms with E-state index in [0.29, 0.717) is 0 Å². The maximum atomic E-state index is 12.1. The lowest BCUT2D eigenvalue weighted by Crippen LogP contribution is -2.19. The van der Waals surface area contributed by atoms with Crippen molar-refractivity contribution in [1.29, 1.82) is 0 Å². The van der Waals surface area contributed by atoms with Crippen LogP contribution in [0.1, 0.15) is 10.4 Å². The predicted octanol–water partition coefficient (Wildman–Crippen LogP) is 4.44. The van der Waals surface area contributed by atoms with Crippen LogP contribution in [0.3, 0.4) is 0 Å². The van der Waals surface area contributed by atoms with Crippen molar-refractivity contribution in [2.75, 3.05) is 11.9 Å². The molecule has 1 amide bonds. The van der Waals surface area contributed by atoms with Gasteiger partial charge in [-0.15, -0.1) is 0 Å². The molecule has 0 saturated carbocycles. The van der Waals surface area contributed by atoms with Crippen molar-refractivity contribution in [3.05, 3.63) is 63.2 Å². The number of rotatable bonds is 5. The van der Waals surface area contributed by atoms with E-state index in [1.165, 1.54) is 36.4 Å². The highest BCUT2D eigenvalue weighted by atomic mass is 35.5. The molecule has 0 aliphatic heterocycles. The Kier molecular flexibility index (Phi) is 5.48. The van der Waals surface area contributed by atoms with E-state index in [1.807, 2.05) is 0 Å². The zero-order valence-corrected chi connectivity index (χ0v) is 13.1. The molecule has 0 aliphatic rings. The summed E-state index contributed by atoms with van der Waals surface area (Å²) in [7, 11) is 0. The number of nitrogens with zero attached hydrogens (tertiary/aromatic N) is 1. The van der Waals surface area contributed by atoms with Gasteiger partial charge in [0.25, 0.3) is 11.6 Å². The Morgan fingerprint density at radius 1 is 1.20 bits per heavy atom. The Morgan fingerprint density at radius 2 is 1.84 bits per heavy atom. The lowest BCUT2D eigenvalue weighted by atomic mass is 10.2. The minimum Gasteiger partial charge on any atom is -0.484 e. The number of amides is 1. The summed E-state index contributed by atoms with van der Waals surface area (Å²) in [6.07, 6.45) is -4.45. The Labute approximate surface area is 144 Å². The van der Waals surface area contributed by atoms with Crippen LogP contribution >= 0.6 is 11.6 Å². The maximum Gasteiger partial charge on any atom is 0.422 e. The Balaban J connectivity index is 2.06. The van der Waals surface area contributed by atoms with Crippen LogP contribution in [-0.4, -0.2) is 23.6 Å². The summed E-state index contributed by atoms with van der Waals surface area (Å²) in [4.78, 5) is 22.2. The number of benzene rings is 2. The van der Waals surface area contributed by atoms with E-state index in [2.05, 4.69) is 10.1 Å². The predicted molar refractivity (Wildman–Crippen MR) is 84.1 cm³/mol. The minimum atomic E-state index is -4.45. The van der Waals surface area contributed by atoms with Gasteiger partial charge in [0, 0.05) is 17.3 Å². The molecule has 0 fully saturated rings. The van der Waals surface area contributed by atoms with Gasteiger partial charge in [-0.05, 0) is 36.4 Å². The van der Waals surface area contributed by atoms with E-state index in [4.69, 9.17) is 11.6 Å². The summed E-state index contributed by atoms with van der Waals surface area (Å²) in [6.45, 7) is -1.42. The molecule has 0 aromatic heterocycles. The number of anilines is 1. The molecule has 0 radical (unpaired) electrons. The summed E-state index contributed by atoms with van der Waals surface area (Å²) >= 11 is 5.67. The SMILES string of the molecule is O=C(Nc1ccc(OCC(F)(F)F)cc1)c1ccc(Cl)c([N+](=O)[O-])c1. The highest BCUT2D eigenvalue weighted by Gasteiger charge is 2.28. The molecule has 0 heterocycles. The first-order chi connectivity index (χ1) is 11.7. The zero-order chi connectivity index (χ0) is 18.6. The molecule has 10 heteroatoms. The first kappa shape index (κ1) is 18.5. The second kappa shape index (κ2) is 7.39. The van der Waals surface area contributed by atoms with Gasteiger partial charge in [-0.25, -0.2) is 0 Å². The van der Waals surface area contributed by atoms with E-state index < -0.39 is 29.3 Å². The third kappa shape index (κ3) is 5.35. The Bertz CT molecular complexity index is 794. The standard InChI is InChI=1S/C15H10ClF3N2O4/c16-12-6-1-9(7-13(12)21(23)24)14(22)20-10-2-4-11(5-3-10)25-8-15(17,18)19/h1-7H,8H2,(H,20,22). The topological polar surface area (TPSA) is 81.5 Å². The highest BCUT2D eigenvalue weighted by molar-refractivity contribution is 6.32. The first-order valence-corrected chi connectivity index (χ1v) is 7.08. The molecule has 6 nitrogen and oxygen atoms in total. The van der Waals surface area contributed by atoms with Crippen molar-refractivity contribution < 1.29 is 27.6 Å². The molecule has 132 valence electrons. The summed E-state index contributed by atoms with van der Waals surface area (Å²) in [6, 6.07) is 8.76. The molecule has 0 atom stereocenters. The van der Waals surface area contributed by atoms with E-state index in [0.717, 1.165) is 6.07 Å². The second-order valence-electron chi connectivity index (χ2n) is 4.81. The largest absolute Gasteiger partial charge is 0.484 e. The van der Waals surface area contributed by atoms with Gasteiger partial charge in [0.15, 0.2) is 6.61 Å². The normalized spacial score (nSPS) is 11.0. The van der Waals surface area contributed by atoms with Crippen molar-refractivity contribution >= 4 is 28.9 Å². The smallest absolute Gasteiger partial charge is 0.422 e. The molecule has 0 bridgehead atoms. The Hall–Kier alpha value is -2.81. The molecule has 2 aromatic rings. The fourth-order valence-electron chi connectivity index (χ4n) is 1.80. The Morgan fingerprint density at radius 3 is 2.40 bits per heavy atom. The lowest BCUT2D eigenvalue weighted by molar-refractivity contribution is -0.384. The molecule has 0 unspecified atom stereocenters. The van der Waals surface area contributed by atoms with Gasteiger partial charge in [0.1, 0.15) is 10.8 Å². The number of alkyl halides is 3. The van der Waals surface area contributed by atoms with E-state index in [1.54, 1.807) is 0 Å². The van der Waals surface area contributed by atoms with Crippen LogP contribution in [0, 0.1) is 10.1 Å². The van der Waals surface area contributed by atoms with Crippen molar-refractivity contribution in [2.45, 2.75) is 6.18 Å². The maximum absolute atomic E-state index is 12.1. The van der Waals surface area contributed by atoms with E-state index in [9.17, 15) is 28.1 Å². The number of nitro benzene ring substituents is 1. The highest BCUT2D eigenvalue weighted by Crippen LogP contribution is 2.26. The van der Waals surface area contributed by atoms with Crippen LogP contribution in [0.4, 0.5) is 24.5 Å². The molecule has 0 aliphatic carbocycles. The average Bonchev–Trinajstić information content (AvgIpc) is 2.53. The van der Waals surface area contributed by atoms with Gasteiger partial charge in [-0.2, -0.15) is 13.2 Å². The van der Waals surface area contributed by atoms with Gasteiger partial charge in [0.05, 0.1) is 4.92 Å². The monoisotopic (exact) mass is 374 g/mol. The second-order valence-corrected chi connectivity index (χ2v) is 5.21. The van der Waals surface area contributed by atoms with Gasteiger partial charge in [0.2, 0.25) is 0 Å². The van der Waals surface area contributed by atoms with Crippen LogP contribution in [0.2, 0.25) is 5.02 Å². The molecule has 2 aromatic carbocycles. The van der Waals surface area contributed by atoms with Crippen LogP contribution < -0.4 is 10.1 Å². The van der Waals surface area contributed by atoms with E-state index in [-0.39, 0.29) is 22.0 Å². The molecular formula is C15H10ClF3N2O4. The van der Waals surface area contributed by atoms with Gasteiger partial charge in [-0.3, -0.25) is 14.9 Å². The number of nitro groups is 1. The van der Waals surface area contributed by atoms with Crippen molar-refractivity contribution in [3.63, 3.8) is 0 Å². The molecule has 0 spiro atoms. The fraction of sp³-hybridized carbons (Fsp3) is 0.133. The summed E-state index contributed by atoms with van der Waals surface area (Å²) in [5.74, 6) is -0.652. The molecule has 25 heavy (non-hydrogen) atoms. The van der Waals surface area contributed by atoms with Crippen molar-refractivity contribution in [2.24, 2.45) is 0 Å². The quantitative estimate of drug-likeness (QED) is 0.619. The summed E-state index contributed by atoms with van der Waals surface area (Å²) < 4.78 is 40.7. The van der Waals surface area contributed by atoms with Crippen molar-refractivity contribution in [1.82, 2.24) is 0 Å². The number of hydrogen-bond donors (Lipinski definition) is 1.